The van der Waals surface area contributed by atoms with Crippen LogP contribution in [0.4, 0.5) is 0 Å². The molecule has 0 unspecified atom stereocenters. The SMILES string of the molecule is CC(C)[C@H](CC(=O)N1CCN(C(=O)c2cc3nc(C4CCC(C)(C)CC4)cc(C(C)(C)C)c3o2)C(C)(C)C1)C(=O)O. The third kappa shape index (κ3) is 6.62. The second kappa shape index (κ2) is 11.1. The van der Waals surface area contributed by atoms with Crippen LogP contribution in [0.15, 0.2) is 16.5 Å². The van der Waals surface area contributed by atoms with Gasteiger partial charge in [0, 0.05) is 49.3 Å². The van der Waals surface area contributed by atoms with E-state index in [2.05, 4.69) is 40.7 Å². The summed E-state index contributed by atoms with van der Waals surface area (Å²) in [6, 6.07) is 3.98. The largest absolute Gasteiger partial charge is 0.481 e. The predicted octanol–water partition coefficient (Wildman–Crippen LogP) is 6.62. The van der Waals surface area contributed by atoms with Gasteiger partial charge in [-0.05, 0) is 62.3 Å². The first kappa shape index (κ1) is 31.0. The molecule has 0 bridgehead atoms. The van der Waals surface area contributed by atoms with Crippen LogP contribution in [0.1, 0.15) is 122 Å². The van der Waals surface area contributed by atoms with E-state index < -0.39 is 17.4 Å². The highest BCUT2D eigenvalue weighted by Gasteiger charge is 2.41. The number of hydrogen-bond acceptors (Lipinski definition) is 5. The van der Waals surface area contributed by atoms with Crippen molar-refractivity contribution in [1.82, 2.24) is 14.8 Å². The molecule has 2 amide bonds. The topological polar surface area (TPSA) is 104 Å². The van der Waals surface area contributed by atoms with Crippen molar-refractivity contribution in [2.45, 2.75) is 111 Å². The standard InChI is InChI=1S/C33H49N3O5/c1-20(2)22(30(39)40)16-27(37)35-14-15-36(33(8,9)19-35)29(38)26-18-25-28(41-26)23(31(3,4)5)17-24(34-25)21-10-12-32(6,7)13-11-21/h17-18,20-22H,10-16,19H2,1-9H3,(H,39,40)/t22-/m0/s1. The van der Waals surface area contributed by atoms with E-state index in [0.717, 1.165) is 29.6 Å². The molecule has 1 saturated carbocycles. The first-order chi connectivity index (χ1) is 18.9. The molecule has 0 radical (unpaired) electrons. The average molecular weight is 568 g/mol. The van der Waals surface area contributed by atoms with E-state index in [1.807, 2.05) is 27.7 Å². The Labute approximate surface area is 244 Å². The number of nitrogens with zero attached hydrogens (tertiary/aromatic N) is 3. The Balaban J connectivity index is 1.57. The van der Waals surface area contributed by atoms with E-state index >= 15 is 0 Å². The maximum Gasteiger partial charge on any atom is 0.307 e. The molecule has 2 aliphatic rings. The third-order valence-electron chi connectivity index (χ3n) is 9.29. The van der Waals surface area contributed by atoms with Crippen LogP contribution in [0, 0.1) is 17.3 Å². The molecule has 4 rings (SSSR count). The van der Waals surface area contributed by atoms with Crippen LogP contribution in [-0.4, -0.2) is 62.8 Å². The summed E-state index contributed by atoms with van der Waals surface area (Å²) in [5, 5.41) is 9.54. The maximum atomic E-state index is 13.9. The molecule has 0 spiro atoms. The van der Waals surface area contributed by atoms with Crippen molar-refractivity contribution in [3.63, 3.8) is 0 Å². The van der Waals surface area contributed by atoms with Crippen molar-refractivity contribution >= 4 is 28.9 Å². The Kier molecular flexibility index (Phi) is 8.38. The summed E-state index contributed by atoms with van der Waals surface area (Å²) in [4.78, 5) is 47.0. The second-order valence-electron chi connectivity index (χ2n) is 15.1. The number of aliphatic carboxylic acids is 1. The summed E-state index contributed by atoms with van der Waals surface area (Å²) in [5.74, 6) is -1.56. The van der Waals surface area contributed by atoms with Gasteiger partial charge in [0.1, 0.15) is 5.52 Å². The molecule has 1 aliphatic carbocycles. The number of amides is 2. The number of aromatic nitrogens is 1. The minimum Gasteiger partial charge on any atom is -0.481 e. The molecular weight excluding hydrogens is 518 g/mol. The Morgan fingerprint density at radius 1 is 1.07 bits per heavy atom. The van der Waals surface area contributed by atoms with Gasteiger partial charge in [0.15, 0.2) is 11.3 Å². The fourth-order valence-corrected chi connectivity index (χ4v) is 6.41. The predicted molar refractivity (Wildman–Crippen MR) is 160 cm³/mol. The number of furan rings is 1. The number of piperazine rings is 1. The van der Waals surface area contributed by atoms with Gasteiger partial charge in [-0.1, -0.05) is 48.5 Å². The Morgan fingerprint density at radius 2 is 1.71 bits per heavy atom. The third-order valence-corrected chi connectivity index (χ3v) is 9.29. The van der Waals surface area contributed by atoms with Gasteiger partial charge in [-0.3, -0.25) is 14.4 Å². The number of fused-ring (bicyclic) bond motifs is 1. The zero-order valence-electron chi connectivity index (χ0n) is 26.5. The Morgan fingerprint density at radius 3 is 2.24 bits per heavy atom. The second-order valence-corrected chi connectivity index (χ2v) is 15.1. The van der Waals surface area contributed by atoms with E-state index in [1.165, 1.54) is 12.8 Å². The van der Waals surface area contributed by atoms with Crippen LogP contribution in [0.2, 0.25) is 0 Å². The van der Waals surface area contributed by atoms with Crippen LogP contribution in [0.25, 0.3) is 11.1 Å². The van der Waals surface area contributed by atoms with Gasteiger partial charge in [-0.25, -0.2) is 4.98 Å². The van der Waals surface area contributed by atoms with Crippen molar-refractivity contribution < 1.29 is 23.9 Å². The Bertz CT molecular complexity index is 1310. The Hall–Kier alpha value is -2.90. The zero-order chi connectivity index (χ0) is 30.5. The summed E-state index contributed by atoms with van der Waals surface area (Å²) >= 11 is 0. The van der Waals surface area contributed by atoms with Crippen LogP contribution in [0.3, 0.4) is 0 Å². The highest BCUT2D eigenvalue weighted by Crippen LogP contribution is 2.43. The number of carbonyl (C=O) groups excluding carboxylic acids is 2. The molecule has 8 nitrogen and oxygen atoms in total. The van der Waals surface area contributed by atoms with E-state index in [-0.39, 0.29) is 35.3 Å². The molecule has 1 aliphatic heterocycles. The van der Waals surface area contributed by atoms with E-state index in [9.17, 15) is 19.5 Å². The molecule has 8 heteroatoms. The summed E-state index contributed by atoms with van der Waals surface area (Å²) in [5.41, 5.74) is 3.08. The number of rotatable bonds is 6. The van der Waals surface area contributed by atoms with E-state index in [4.69, 9.17) is 9.40 Å². The number of hydrogen-bond donors (Lipinski definition) is 1. The minimum atomic E-state index is -0.954. The van der Waals surface area contributed by atoms with Crippen molar-refractivity contribution in [3.8, 4) is 0 Å². The summed E-state index contributed by atoms with van der Waals surface area (Å²) in [6.07, 6.45) is 4.54. The van der Waals surface area contributed by atoms with Crippen LogP contribution in [0.5, 0.6) is 0 Å². The van der Waals surface area contributed by atoms with Crippen LogP contribution < -0.4 is 0 Å². The lowest BCUT2D eigenvalue weighted by Gasteiger charge is -2.47. The molecule has 226 valence electrons. The normalized spacial score (nSPS) is 20.4. The van der Waals surface area contributed by atoms with Gasteiger partial charge in [0.25, 0.3) is 5.91 Å². The highest BCUT2D eigenvalue weighted by atomic mass is 16.4. The molecule has 2 aromatic heterocycles. The molecule has 1 saturated heterocycles. The molecule has 41 heavy (non-hydrogen) atoms. The maximum absolute atomic E-state index is 13.9. The van der Waals surface area contributed by atoms with E-state index in [0.29, 0.717) is 36.6 Å². The summed E-state index contributed by atoms with van der Waals surface area (Å²) < 4.78 is 6.29. The van der Waals surface area contributed by atoms with E-state index in [1.54, 1.807) is 15.9 Å². The number of carboxylic acid groups (broad SMARTS) is 1. The lowest BCUT2D eigenvalue weighted by atomic mass is 9.72. The van der Waals surface area contributed by atoms with Crippen LogP contribution in [-0.2, 0) is 15.0 Å². The van der Waals surface area contributed by atoms with Crippen molar-refractivity contribution in [2.75, 3.05) is 19.6 Å². The average Bonchev–Trinajstić information content (AvgIpc) is 3.28. The lowest BCUT2D eigenvalue weighted by molar-refractivity contribution is -0.148. The lowest BCUT2D eigenvalue weighted by Crippen LogP contribution is -2.62. The van der Waals surface area contributed by atoms with Crippen molar-refractivity contribution in [1.29, 1.82) is 0 Å². The fourth-order valence-electron chi connectivity index (χ4n) is 6.41. The van der Waals surface area contributed by atoms with Gasteiger partial charge >= 0.3 is 5.97 Å². The monoisotopic (exact) mass is 567 g/mol. The first-order valence-corrected chi connectivity index (χ1v) is 15.2. The van der Waals surface area contributed by atoms with Crippen molar-refractivity contribution in [3.05, 3.63) is 29.2 Å². The van der Waals surface area contributed by atoms with Gasteiger partial charge in [0.2, 0.25) is 5.91 Å². The number of pyridine rings is 1. The van der Waals surface area contributed by atoms with Crippen LogP contribution >= 0.6 is 0 Å². The molecular formula is C33H49N3O5. The molecule has 1 N–H and O–H groups in total. The molecule has 3 heterocycles. The molecule has 0 aromatic carbocycles. The summed E-state index contributed by atoms with van der Waals surface area (Å²) in [6.45, 7) is 19.7. The number of carbonyl (C=O) groups is 3. The molecule has 1 atom stereocenters. The zero-order valence-corrected chi connectivity index (χ0v) is 26.5. The molecule has 2 fully saturated rings. The summed E-state index contributed by atoms with van der Waals surface area (Å²) in [7, 11) is 0. The smallest absolute Gasteiger partial charge is 0.307 e. The quantitative estimate of drug-likeness (QED) is 0.421. The molecule has 2 aromatic rings. The van der Waals surface area contributed by atoms with Gasteiger partial charge < -0.3 is 19.3 Å². The van der Waals surface area contributed by atoms with Gasteiger partial charge in [-0.15, -0.1) is 0 Å². The first-order valence-electron chi connectivity index (χ1n) is 15.2. The van der Waals surface area contributed by atoms with Crippen molar-refractivity contribution in [2.24, 2.45) is 17.3 Å². The minimum absolute atomic E-state index is 0.0390. The highest BCUT2D eigenvalue weighted by molar-refractivity contribution is 5.96. The van der Waals surface area contributed by atoms with Gasteiger partial charge in [0.05, 0.1) is 11.5 Å². The van der Waals surface area contributed by atoms with Gasteiger partial charge in [-0.2, -0.15) is 0 Å². The fraction of sp³-hybridized carbons (Fsp3) is 0.697. The number of carboxylic acids is 1.